The third-order valence-corrected chi connectivity index (χ3v) is 4.31. The van der Waals surface area contributed by atoms with Crippen LogP contribution in [0, 0.1) is 0 Å². The molecule has 0 radical (unpaired) electrons. The molecule has 6 heteroatoms. The van der Waals surface area contributed by atoms with Crippen LogP contribution in [0.2, 0.25) is 0 Å². The number of methoxy groups -OCH3 is 1. The highest BCUT2D eigenvalue weighted by atomic mass is 16.5. The predicted molar refractivity (Wildman–Crippen MR) is 107 cm³/mol. The lowest BCUT2D eigenvalue weighted by Crippen LogP contribution is -3.13. The van der Waals surface area contributed by atoms with Crippen LogP contribution in [-0.2, 0) is 16.0 Å². The van der Waals surface area contributed by atoms with Crippen molar-refractivity contribution in [2.24, 2.45) is 0 Å². The minimum absolute atomic E-state index is 0.0997. The van der Waals surface area contributed by atoms with E-state index in [9.17, 15) is 9.59 Å². The topological polar surface area (TPSA) is 71.9 Å². The van der Waals surface area contributed by atoms with E-state index in [1.54, 1.807) is 31.4 Å². The number of quaternary nitrogens is 1. The molecule has 3 N–H and O–H groups in total. The van der Waals surface area contributed by atoms with Crippen LogP contribution in [0.4, 0.5) is 11.4 Å². The summed E-state index contributed by atoms with van der Waals surface area (Å²) in [6, 6.07) is 15.0. The first-order chi connectivity index (χ1) is 13.0. The molecule has 0 spiro atoms. The summed E-state index contributed by atoms with van der Waals surface area (Å²) in [5, 5.41) is 5.76. The molecule has 27 heavy (non-hydrogen) atoms. The Morgan fingerprint density at radius 3 is 2.11 bits per heavy atom. The molecule has 2 amide bonds. The van der Waals surface area contributed by atoms with Gasteiger partial charge in [-0.1, -0.05) is 19.1 Å². The summed E-state index contributed by atoms with van der Waals surface area (Å²) in [6.07, 6.45) is 0.918. The fourth-order valence-electron chi connectivity index (χ4n) is 2.72. The molecule has 1 atom stereocenters. The molecule has 6 nitrogen and oxygen atoms in total. The third kappa shape index (κ3) is 6.75. The van der Waals surface area contributed by atoms with Gasteiger partial charge >= 0.3 is 0 Å². The Balaban J connectivity index is 1.85. The number of amides is 2. The number of carbonyl (C=O) groups excluding carboxylic acids is 2. The SMILES string of the molecule is CCc1cccc(NC(=O)C[NH+](CC)CC(=O)Nc2ccc(OC)cc2)c1. The van der Waals surface area contributed by atoms with Gasteiger partial charge in [0, 0.05) is 11.4 Å². The Morgan fingerprint density at radius 2 is 1.56 bits per heavy atom. The predicted octanol–water partition coefficient (Wildman–Crippen LogP) is 1.74. The van der Waals surface area contributed by atoms with Crippen LogP contribution in [0.1, 0.15) is 19.4 Å². The summed E-state index contributed by atoms with van der Waals surface area (Å²) < 4.78 is 5.10. The van der Waals surface area contributed by atoms with E-state index < -0.39 is 0 Å². The minimum atomic E-state index is -0.127. The fourth-order valence-corrected chi connectivity index (χ4v) is 2.72. The van der Waals surface area contributed by atoms with Gasteiger partial charge in [-0.25, -0.2) is 0 Å². The van der Waals surface area contributed by atoms with Crippen molar-refractivity contribution in [2.75, 3.05) is 37.4 Å². The Bertz CT molecular complexity index is 760. The number of hydrogen-bond donors (Lipinski definition) is 3. The van der Waals surface area contributed by atoms with E-state index in [-0.39, 0.29) is 24.9 Å². The van der Waals surface area contributed by atoms with Gasteiger partial charge in [0.1, 0.15) is 5.75 Å². The average molecular weight is 370 g/mol. The Labute approximate surface area is 160 Å². The smallest absolute Gasteiger partial charge is 0.279 e. The number of nitrogens with one attached hydrogen (secondary N) is 3. The van der Waals surface area contributed by atoms with E-state index in [1.165, 1.54) is 5.56 Å². The van der Waals surface area contributed by atoms with Crippen LogP contribution >= 0.6 is 0 Å². The van der Waals surface area contributed by atoms with Crippen LogP contribution in [-0.4, -0.2) is 38.6 Å². The highest BCUT2D eigenvalue weighted by molar-refractivity contribution is 5.93. The zero-order valence-electron chi connectivity index (χ0n) is 16.2. The van der Waals surface area contributed by atoms with Gasteiger partial charge in [-0.3, -0.25) is 9.59 Å². The highest BCUT2D eigenvalue weighted by Gasteiger charge is 2.17. The van der Waals surface area contributed by atoms with Crippen molar-refractivity contribution in [3.8, 4) is 5.75 Å². The van der Waals surface area contributed by atoms with Gasteiger partial charge in [-0.15, -0.1) is 0 Å². The maximum atomic E-state index is 12.3. The summed E-state index contributed by atoms with van der Waals surface area (Å²) in [4.78, 5) is 25.5. The van der Waals surface area contributed by atoms with Crippen molar-refractivity contribution in [1.82, 2.24) is 0 Å². The number of carbonyl (C=O) groups is 2. The first-order valence-electron chi connectivity index (χ1n) is 9.20. The standard InChI is InChI=1S/C21H27N3O3/c1-4-16-7-6-8-18(13-16)23-21(26)15-24(5-2)14-20(25)22-17-9-11-19(27-3)12-10-17/h6-13H,4-5,14-15H2,1-3H3,(H,22,25)(H,23,26)/p+1. The van der Waals surface area contributed by atoms with Gasteiger partial charge < -0.3 is 20.3 Å². The molecule has 0 fully saturated rings. The molecular formula is C21H28N3O3+. The summed E-state index contributed by atoms with van der Waals surface area (Å²) in [5.74, 6) is 0.507. The number of anilines is 2. The van der Waals surface area contributed by atoms with Crippen LogP contribution in [0.25, 0.3) is 0 Å². The lowest BCUT2D eigenvalue weighted by molar-refractivity contribution is -0.881. The van der Waals surface area contributed by atoms with E-state index >= 15 is 0 Å². The maximum Gasteiger partial charge on any atom is 0.279 e. The zero-order chi connectivity index (χ0) is 19.6. The Kier molecular flexibility index (Phi) is 7.82. The summed E-state index contributed by atoms with van der Waals surface area (Å²) in [6.45, 7) is 5.18. The lowest BCUT2D eigenvalue weighted by atomic mass is 10.1. The van der Waals surface area contributed by atoms with Crippen molar-refractivity contribution in [3.05, 3.63) is 54.1 Å². The van der Waals surface area contributed by atoms with Crippen LogP contribution < -0.4 is 20.3 Å². The van der Waals surface area contributed by atoms with Crippen molar-refractivity contribution >= 4 is 23.2 Å². The van der Waals surface area contributed by atoms with E-state index in [4.69, 9.17) is 4.74 Å². The molecule has 0 aliphatic rings. The molecule has 144 valence electrons. The largest absolute Gasteiger partial charge is 0.497 e. The molecular weight excluding hydrogens is 342 g/mol. The molecule has 0 saturated carbocycles. The average Bonchev–Trinajstić information content (AvgIpc) is 2.68. The highest BCUT2D eigenvalue weighted by Crippen LogP contribution is 2.14. The molecule has 2 rings (SSSR count). The lowest BCUT2D eigenvalue weighted by Gasteiger charge is -2.17. The zero-order valence-corrected chi connectivity index (χ0v) is 16.2. The second-order valence-electron chi connectivity index (χ2n) is 6.34. The second kappa shape index (κ2) is 10.3. The van der Waals surface area contributed by atoms with Crippen molar-refractivity contribution < 1.29 is 19.2 Å². The Hall–Kier alpha value is -2.86. The summed E-state index contributed by atoms with van der Waals surface area (Å²) in [5.41, 5.74) is 2.67. The first-order valence-corrected chi connectivity index (χ1v) is 9.20. The maximum absolute atomic E-state index is 12.3. The van der Waals surface area contributed by atoms with E-state index in [1.807, 2.05) is 31.2 Å². The van der Waals surface area contributed by atoms with Crippen molar-refractivity contribution in [3.63, 3.8) is 0 Å². The molecule has 0 aliphatic carbocycles. The van der Waals surface area contributed by atoms with E-state index in [0.717, 1.165) is 22.8 Å². The fraction of sp³-hybridized carbons (Fsp3) is 0.333. The molecule has 0 bridgehead atoms. The van der Waals surface area contributed by atoms with Crippen LogP contribution in [0.3, 0.4) is 0 Å². The molecule has 0 heterocycles. The minimum Gasteiger partial charge on any atom is -0.497 e. The molecule has 0 aliphatic heterocycles. The van der Waals surface area contributed by atoms with Gasteiger partial charge in [0.15, 0.2) is 13.1 Å². The normalized spacial score (nSPS) is 11.5. The van der Waals surface area contributed by atoms with Crippen LogP contribution in [0.15, 0.2) is 48.5 Å². The molecule has 0 aromatic heterocycles. The number of rotatable bonds is 9. The summed E-state index contributed by atoms with van der Waals surface area (Å²) >= 11 is 0. The third-order valence-electron chi connectivity index (χ3n) is 4.31. The number of hydrogen-bond acceptors (Lipinski definition) is 3. The quantitative estimate of drug-likeness (QED) is 0.630. The molecule has 0 saturated heterocycles. The van der Waals surface area contributed by atoms with Gasteiger partial charge in [0.2, 0.25) is 0 Å². The number of benzene rings is 2. The Morgan fingerprint density at radius 1 is 0.926 bits per heavy atom. The van der Waals surface area contributed by atoms with Gasteiger partial charge in [-0.05, 0) is 55.3 Å². The van der Waals surface area contributed by atoms with Crippen molar-refractivity contribution in [2.45, 2.75) is 20.3 Å². The van der Waals surface area contributed by atoms with Gasteiger partial charge in [0.25, 0.3) is 11.8 Å². The number of aryl methyl sites for hydroxylation is 1. The summed E-state index contributed by atoms with van der Waals surface area (Å²) in [7, 11) is 1.60. The van der Waals surface area contributed by atoms with Gasteiger partial charge in [0.05, 0.1) is 13.7 Å². The molecule has 1 unspecified atom stereocenters. The second-order valence-corrected chi connectivity index (χ2v) is 6.34. The van der Waals surface area contributed by atoms with E-state index in [2.05, 4.69) is 17.6 Å². The monoisotopic (exact) mass is 370 g/mol. The first kappa shape index (κ1) is 20.5. The molecule has 2 aromatic carbocycles. The van der Waals surface area contributed by atoms with Crippen LogP contribution in [0.5, 0.6) is 5.75 Å². The van der Waals surface area contributed by atoms with Crippen molar-refractivity contribution in [1.29, 1.82) is 0 Å². The number of ether oxygens (including phenoxy) is 1. The molecule has 2 aromatic rings. The van der Waals surface area contributed by atoms with Gasteiger partial charge in [-0.2, -0.15) is 0 Å². The van der Waals surface area contributed by atoms with E-state index in [0.29, 0.717) is 12.2 Å². The number of likely N-dealkylation sites (N-methyl/N-ethyl adjacent to an activating group) is 1.